The molecule has 2 amide bonds. The van der Waals surface area contributed by atoms with Gasteiger partial charge in [0.15, 0.2) is 4.32 Å². The van der Waals surface area contributed by atoms with Crippen LogP contribution < -0.4 is 0 Å². The van der Waals surface area contributed by atoms with Crippen LogP contribution in [0.25, 0.3) is 0 Å². The molecule has 12 heavy (non-hydrogen) atoms. The fourth-order valence-electron chi connectivity index (χ4n) is 0.719. The highest BCUT2D eigenvalue weighted by molar-refractivity contribution is 8.24. The van der Waals surface area contributed by atoms with Gasteiger partial charge in [0.1, 0.15) is 0 Å². The molecule has 0 N–H and O–H groups in total. The lowest BCUT2D eigenvalue weighted by Crippen LogP contribution is -2.32. The van der Waals surface area contributed by atoms with Crippen LogP contribution in [0.4, 0.5) is 4.79 Å². The number of thiocarbonyl (C=S) groups is 1. The Balaban J connectivity index is 2.66. The van der Waals surface area contributed by atoms with Crippen molar-refractivity contribution in [2.45, 2.75) is 6.92 Å². The van der Waals surface area contributed by atoms with E-state index in [1.807, 2.05) is 6.92 Å². The molecule has 0 aromatic carbocycles. The number of rotatable bonds is 1. The second kappa shape index (κ2) is 4.25. The van der Waals surface area contributed by atoms with Crippen LogP contribution in [0.3, 0.4) is 0 Å². The van der Waals surface area contributed by atoms with Crippen LogP contribution in [-0.2, 0) is 4.79 Å². The van der Waals surface area contributed by atoms with Gasteiger partial charge in [0.25, 0.3) is 5.24 Å². The van der Waals surface area contributed by atoms with Crippen molar-refractivity contribution in [3.63, 3.8) is 0 Å². The molecule has 0 radical (unpaired) electrons. The van der Waals surface area contributed by atoms with Gasteiger partial charge >= 0.3 is 0 Å². The lowest BCUT2D eigenvalue weighted by Gasteiger charge is -2.10. The Bertz CT molecular complexity index is 225. The predicted molar refractivity (Wildman–Crippen MR) is 55.4 cm³/mol. The molecular weight excluding hydrogens is 214 g/mol. The number of amides is 2. The van der Waals surface area contributed by atoms with E-state index in [0.29, 0.717) is 15.8 Å². The molecule has 3 nitrogen and oxygen atoms in total. The number of thioether (sulfide) groups is 2. The largest absolute Gasteiger partial charge is 0.293 e. The fraction of sp³-hybridized carbons (Fsp3) is 0.500. The molecule has 1 saturated heterocycles. The van der Waals surface area contributed by atoms with Crippen molar-refractivity contribution >= 4 is 51.2 Å². The highest BCUT2D eigenvalue weighted by Crippen LogP contribution is 2.23. The minimum Gasteiger partial charge on any atom is -0.273 e. The van der Waals surface area contributed by atoms with Crippen molar-refractivity contribution in [3.05, 3.63) is 0 Å². The van der Waals surface area contributed by atoms with Crippen LogP contribution in [0, 0.1) is 0 Å². The number of hydrogen-bond donors (Lipinski definition) is 0. The number of nitrogens with zero attached hydrogens (tertiary/aromatic N) is 1. The lowest BCUT2D eigenvalue weighted by atomic mass is 10.6. The van der Waals surface area contributed by atoms with Gasteiger partial charge in [-0.05, 0) is 5.75 Å². The summed E-state index contributed by atoms with van der Waals surface area (Å²) in [5.74, 6) is 0.765. The van der Waals surface area contributed by atoms with Gasteiger partial charge in [-0.3, -0.25) is 9.59 Å². The Morgan fingerprint density at radius 2 is 2.50 bits per heavy atom. The SMILES string of the molecule is CCSC(=O)N1C(=O)CSC1=S. The number of hydrogen-bond acceptors (Lipinski definition) is 5. The summed E-state index contributed by atoms with van der Waals surface area (Å²) in [7, 11) is 0. The maximum atomic E-state index is 11.2. The molecule has 0 bridgehead atoms. The summed E-state index contributed by atoms with van der Waals surface area (Å²) in [6.45, 7) is 1.86. The molecule has 0 aromatic rings. The first-order chi connectivity index (χ1) is 5.66. The van der Waals surface area contributed by atoms with Gasteiger partial charge in [0.2, 0.25) is 5.91 Å². The summed E-state index contributed by atoms with van der Waals surface area (Å²) in [4.78, 5) is 23.4. The maximum absolute atomic E-state index is 11.2. The van der Waals surface area contributed by atoms with E-state index in [4.69, 9.17) is 12.2 Å². The standard InChI is InChI=1S/C6H7NO2S3/c1-2-11-5(9)7-4(8)3-12-6(7)10/h2-3H2,1H3. The van der Waals surface area contributed by atoms with E-state index in [1.165, 1.54) is 11.8 Å². The summed E-state index contributed by atoms with van der Waals surface area (Å²) in [6, 6.07) is 0. The van der Waals surface area contributed by atoms with Crippen LogP contribution in [-0.4, -0.2) is 31.9 Å². The van der Waals surface area contributed by atoms with Crippen LogP contribution in [0.5, 0.6) is 0 Å². The molecule has 0 spiro atoms. The third-order valence-corrected chi connectivity index (χ3v) is 3.28. The van der Waals surface area contributed by atoms with E-state index in [2.05, 4.69) is 0 Å². The Morgan fingerprint density at radius 1 is 1.83 bits per heavy atom. The molecule has 1 aliphatic rings. The second-order valence-electron chi connectivity index (χ2n) is 1.98. The topological polar surface area (TPSA) is 37.4 Å². The average Bonchev–Trinajstić information content (AvgIpc) is 2.32. The molecule has 1 fully saturated rings. The Labute approximate surface area is 84.2 Å². The monoisotopic (exact) mass is 221 g/mol. The van der Waals surface area contributed by atoms with Crippen molar-refractivity contribution in [3.8, 4) is 0 Å². The molecule has 0 saturated carbocycles. The molecule has 0 atom stereocenters. The summed E-state index contributed by atoms with van der Waals surface area (Å²) >= 11 is 7.18. The minimum absolute atomic E-state index is 0.198. The van der Waals surface area contributed by atoms with E-state index in [0.717, 1.165) is 16.7 Å². The van der Waals surface area contributed by atoms with Gasteiger partial charge in [0.05, 0.1) is 5.75 Å². The van der Waals surface area contributed by atoms with E-state index < -0.39 is 0 Å². The van der Waals surface area contributed by atoms with Crippen molar-refractivity contribution in [2.24, 2.45) is 0 Å². The van der Waals surface area contributed by atoms with Gasteiger partial charge < -0.3 is 0 Å². The zero-order chi connectivity index (χ0) is 9.14. The zero-order valence-electron chi connectivity index (χ0n) is 6.40. The van der Waals surface area contributed by atoms with E-state index in [1.54, 1.807) is 0 Å². The molecule has 6 heteroatoms. The minimum atomic E-state index is -0.252. The first kappa shape index (κ1) is 10.0. The first-order valence-corrected chi connectivity index (χ1v) is 5.71. The predicted octanol–water partition coefficient (Wildman–Crippen LogP) is 1.72. The summed E-state index contributed by atoms with van der Waals surface area (Å²) in [5.41, 5.74) is 0. The molecule has 0 aliphatic carbocycles. The average molecular weight is 221 g/mol. The van der Waals surface area contributed by atoms with Gasteiger partial charge in [-0.15, -0.1) is 0 Å². The third kappa shape index (κ3) is 1.99. The Hall–Kier alpha value is -0.0700. The van der Waals surface area contributed by atoms with E-state index in [-0.39, 0.29) is 11.1 Å². The van der Waals surface area contributed by atoms with Crippen LogP contribution in [0.1, 0.15) is 6.92 Å². The van der Waals surface area contributed by atoms with Crippen molar-refractivity contribution < 1.29 is 9.59 Å². The lowest BCUT2D eigenvalue weighted by molar-refractivity contribution is -0.121. The smallest absolute Gasteiger partial charge is 0.273 e. The zero-order valence-corrected chi connectivity index (χ0v) is 8.85. The highest BCUT2D eigenvalue weighted by atomic mass is 32.2. The fourth-order valence-corrected chi connectivity index (χ4v) is 2.45. The first-order valence-electron chi connectivity index (χ1n) is 3.33. The van der Waals surface area contributed by atoms with Crippen LogP contribution in [0.15, 0.2) is 0 Å². The van der Waals surface area contributed by atoms with Gasteiger partial charge in [-0.25, -0.2) is 4.90 Å². The van der Waals surface area contributed by atoms with Crippen LogP contribution >= 0.6 is 35.7 Å². The molecular formula is C6H7NO2S3. The molecule has 0 unspecified atom stereocenters. The quantitative estimate of drug-likeness (QED) is 0.630. The van der Waals surface area contributed by atoms with Gasteiger partial charge in [0, 0.05) is 0 Å². The molecule has 1 heterocycles. The highest BCUT2D eigenvalue weighted by Gasteiger charge is 2.31. The van der Waals surface area contributed by atoms with E-state index >= 15 is 0 Å². The number of imide groups is 1. The molecule has 66 valence electrons. The number of carbonyl (C=O) groups is 2. The second-order valence-corrected chi connectivity index (χ2v) is 4.81. The Kier molecular flexibility index (Phi) is 3.54. The maximum Gasteiger partial charge on any atom is 0.293 e. The number of carbonyl (C=O) groups excluding carboxylic acids is 2. The molecule has 1 aliphatic heterocycles. The normalized spacial score (nSPS) is 17.2. The summed E-state index contributed by atoms with van der Waals surface area (Å²) in [5, 5.41) is -0.252. The van der Waals surface area contributed by atoms with Gasteiger partial charge in [-0.1, -0.05) is 42.7 Å². The summed E-state index contributed by atoms with van der Waals surface area (Å²) < 4.78 is 0.381. The van der Waals surface area contributed by atoms with Crippen molar-refractivity contribution in [1.82, 2.24) is 4.90 Å². The van der Waals surface area contributed by atoms with Crippen LogP contribution in [0.2, 0.25) is 0 Å². The van der Waals surface area contributed by atoms with Crippen molar-refractivity contribution in [1.29, 1.82) is 0 Å². The summed E-state index contributed by atoms with van der Waals surface area (Å²) in [6.07, 6.45) is 0. The van der Waals surface area contributed by atoms with E-state index in [9.17, 15) is 9.59 Å². The van der Waals surface area contributed by atoms with Crippen molar-refractivity contribution in [2.75, 3.05) is 11.5 Å². The Morgan fingerprint density at radius 3 is 2.92 bits per heavy atom. The van der Waals surface area contributed by atoms with Gasteiger partial charge in [-0.2, -0.15) is 0 Å². The third-order valence-electron chi connectivity index (χ3n) is 1.20. The molecule has 1 rings (SSSR count). The molecule has 0 aromatic heterocycles.